The number of carbonyl (C=O) groups excluding carboxylic acids is 1. The van der Waals surface area contributed by atoms with Crippen molar-refractivity contribution < 1.29 is 14.3 Å². The summed E-state index contributed by atoms with van der Waals surface area (Å²) in [5.74, 6) is -0.916. The van der Waals surface area contributed by atoms with Crippen LogP contribution in [0.4, 0.5) is 4.39 Å². The average molecular weight is 331 g/mol. The second-order valence-electron chi connectivity index (χ2n) is 6.51. The largest absolute Gasteiger partial charge is 0.392 e. The molecule has 1 fully saturated rings. The van der Waals surface area contributed by atoms with Gasteiger partial charge in [0.05, 0.1) is 24.3 Å². The highest BCUT2D eigenvalue weighted by molar-refractivity contribution is 5.80. The third-order valence-electron chi connectivity index (χ3n) is 4.61. The molecule has 1 aromatic heterocycles. The third-order valence-corrected chi connectivity index (χ3v) is 4.61. The molecule has 0 spiro atoms. The number of aromatic nitrogens is 2. The molecule has 3 atom stereocenters. The van der Waals surface area contributed by atoms with Crippen LogP contribution in [0.25, 0.3) is 5.69 Å². The summed E-state index contributed by atoms with van der Waals surface area (Å²) >= 11 is 0. The second kappa shape index (κ2) is 6.73. The Kier molecular flexibility index (Phi) is 4.66. The number of aliphatic hydroxyl groups excluding tert-OH is 1. The third kappa shape index (κ3) is 3.33. The van der Waals surface area contributed by atoms with Crippen molar-refractivity contribution in [1.82, 2.24) is 15.1 Å². The van der Waals surface area contributed by atoms with E-state index in [4.69, 9.17) is 0 Å². The van der Waals surface area contributed by atoms with Crippen LogP contribution in [0.5, 0.6) is 0 Å². The number of hydrogen-bond acceptors (Lipinski definition) is 3. The van der Waals surface area contributed by atoms with Gasteiger partial charge in [0.2, 0.25) is 5.91 Å². The van der Waals surface area contributed by atoms with Gasteiger partial charge in [-0.05, 0) is 56.4 Å². The predicted octanol–water partition coefficient (Wildman–Crippen LogP) is 2.66. The number of benzene rings is 1. The summed E-state index contributed by atoms with van der Waals surface area (Å²) in [6.07, 6.45) is 5.08. The first kappa shape index (κ1) is 16.6. The van der Waals surface area contributed by atoms with Gasteiger partial charge in [-0.15, -0.1) is 0 Å². The average Bonchev–Trinajstić information content (AvgIpc) is 3.15. The van der Waals surface area contributed by atoms with Crippen LogP contribution in [-0.4, -0.2) is 26.9 Å². The molecule has 1 aliphatic carbocycles. The molecule has 3 unspecified atom stereocenters. The number of amides is 1. The van der Waals surface area contributed by atoms with Crippen LogP contribution < -0.4 is 5.32 Å². The summed E-state index contributed by atoms with van der Waals surface area (Å²) in [5.41, 5.74) is 2.01. The van der Waals surface area contributed by atoms with E-state index in [0.29, 0.717) is 24.1 Å². The van der Waals surface area contributed by atoms with E-state index in [0.717, 1.165) is 12.0 Å². The Morgan fingerprint density at radius 2 is 2.25 bits per heavy atom. The van der Waals surface area contributed by atoms with Gasteiger partial charge in [0.25, 0.3) is 0 Å². The molecule has 1 aliphatic rings. The van der Waals surface area contributed by atoms with Gasteiger partial charge in [-0.2, -0.15) is 5.10 Å². The Morgan fingerprint density at radius 1 is 1.46 bits per heavy atom. The monoisotopic (exact) mass is 331 g/mol. The summed E-state index contributed by atoms with van der Waals surface area (Å²) in [7, 11) is 0. The number of rotatable bonds is 4. The van der Waals surface area contributed by atoms with Crippen LogP contribution in [0.1, 0.15) is 43.4 Å². The topological polar surface area (TPSA) is 67.2 Å². The van der Waals surface area contributed by atoms with Crippen molar-refractivity contribution in [3.8, 4) is 5.69 Å². The van der Waals surface area contributed by atoms with Crippen LogP contribution in [0, 0.1) is 18.7 Å². The first-order valence-electron chi connectivity index (χ1n) is 8.25. The zero-order valence-electron chi connectivity index (χ0n) is 13.9. The van der Waals surface area contributed by atoms with E-state index in [1.807, 2.05) is 13.8 Å². The fourth-order valence-electron chi connectivity index (χ4n) is 3.17. The Balaban J connectivity index is 1.72. The van der Waals surface area contributed by atoms with Crippen molar-refractivity contribution in [3.05, 3.63) is 47.5 Å². The Bertz CT molecular complexity index is 744. The maximum absolute atomic E-state index is 14.4. The van der Waals surface area contributed by atoms with E-state index in [1.165, 1.54) is 10.7 Å². The molecular formula is C18H22FN3O2. The van der Waals surface area contributed by atoms with Gasteiger partial charge < -0.3 is 10.4 Å². The summed E-state index contributed by atoms with van der Waals surface area (Å²) in [6, 6.07) is 4.53. The van der Waals surface area contributed by atoms with Crippen LogP contribution in [-0.2, 0) is 4.79 Å². The molecule has 0 saturated heterocycles. The summed E-state index contributed by atoms with van der Waals surface area (Å²) in [6.45, 7) is 3.70. The Hall–Kier alpha value is -2.21. The van der Waals surface area contributed by atoms with E-state index < -0.39 is 11.9 Å². The molecule has 0 aliphatic heterocycles. The number of carbonyl (C=O) groups is 1. The minimum atomic E-state index is -0.570. The van der Waals surface area contributed by atoms with Crippen molar-refractivity contribution in [2.75, 3.05) is 0 Å². The normalized spacial score (nSPS) is 21.7. The molecule has 3 rings (SSSR count). The van der Waals surface area contributed by atoms with Crippen molar-refractivity contribution in [3.63, 3.8) is 0 Å². The van der Waals surface area contributed by atoms with Gasteiger partial charge in [0, 0.05) is 6.20 Å². The molecular weight excluding hydrogens is 309 g/mol. The highest BCUT2D eigenvalue weighted by Gasteiger charge is 2.32. The van der Waals surface area contributed by atoms with Gasteiger partial charge in [-0.3, -0.25) is 4.79 Å². The van der Waals surface area contributed by atoms with E-state index in [2.05, 4.69) is 10.4 Å². The minimum Gasteiger partial charge on any atom is -0.392 e. The highest BCUT2D eigenvalue weighted by atomic mass is 19.1. The lowest BCUT2D eigenvalue weighted by atomic mass is 10.0. The molecule has 0 radical (unpaired) electrons. The van der Waals surface area contributed by atoms with Gasteiger partial charge in [0.15, 0.2) is 0 Å². The fourth-order valence-corrected chi connectivity index (χ4v) is 3.17. The summed E-state index contributed by atoms with van der Waals surface area (Å²) in [4.78, 5) is 12.2. The summed E-state index contributed by atoms with van der Waals surface area (Å²) < 4.78 is 15.9. The fraction of sp³-hybridized carbons (Fsp3) is 0.444. The molecule has 1 amide bonds. The lowest BCUT2D eigenvalue weighted by molar-refractivity contribution is -0.128. The van der Waals surface area contributed by atoms with Gasteiger partial charge in [-0.25, -0.2) is 9.07 Å². The van der Waals surface area contributed by atoms with Crippen LogP contribution in [0.15, 0.2) is 30.6 Å². The zero-order valence-corrected chi connectivity index (χ0v) is 13.9. The summed E-state index contributed by atoms with van der Waals surface area (Å²) in [5, 5.41) is 16.8. The molecule has 128 valence electrons. The van der Waals surface area contributed by atoms with Crippen molar-refractivity contribution >= 4 is 5.91 Å². The Labute approximate surface area is 140 Å². The predicted molar refractivity (Wildman–Crippen MR) is 88.2 cm³/mol. The zero-order chi connectivity index (χ0) is 17.3. The Morgan fingerprint density at radius 3 is 2.83 bits per heavy atom. The lowest BCUT2D eigenvalue weighted by Crippen LogP contribution is -2.36. The molecule has 1 heterocycles. The lowest BCUT2D eigenvalue weighted by Gasteiger charge is -2.20. The number of halogens is 1. The van der Waals surface area contributed by atoms with Crippen LogP contribution in [0.3, 0.4) is 0 Å². The molecule has 1 saturated carbocycles. The molecule has 2 N–H and O–H groups in total. The number of aryl methyl sites for hydroxylation is 1. The SMILES string of the molecule is Cc1cnn(-c2ccc(C(C)NC(=O)C3CCCC3O)cc2F)c1. The van der Waals surface area contributed by atoms with Gasteiger partial charge in [0.1, 0.15) is 11.5 Å². The molecule has 1 aromatic carbocycles. The van der Waals surface area contributed by atoms with Gasteiger partial charge >= 0.3 is 0 Å². The number of nitrogens with zero attached hydrogens (tertiary/aromatic N) is 2. The molecule has 24 heavy (non-hydrogen) atoms. The second-order valence-corrected chi connectivity index (χ2v) is 6.51. The first-order valence-corrected chi connectivity index (χ1v) is 8.25. The van der Waals surface area contributed by atoms with E-state index >= 15 is 0 Å². The molecule has 2 aromatic rings. The smallest absolute Gasteiger partial charge is 0.226 e. The first-order chi connectivity index (χ1) is 11.5. The van der Waals surface area contributed by atoms with Crippen LogP contribution in [0.2, 0.25) is 0 Å². The highest BCUT2D eigenvalue weighted by Crippen LogP contribution is 2.27. The van der Waals surface area contributed by atoms with E-state index in [1.54, 1.807) is 24.5 Å². The number of nitrogens with one attached hydrogen (secondary N) is 1. The standard InChI is InChI=1S/C18H22FN3O2/c1-11-9-20-22(10-11)16-7-6-13(8-15(16)19)12(2)21-18(24)14-4-3-5-17(14)23/h6-10,12,14,17,23H,3-5H2,1-2H3,(H,21,24). The molecule has 6 heteroatoms. The maximum Gasteiger partial charge on any atom is 0.226 e. The van der Waals surface area contributed by atoms with E-state index in [9.17, 15) is 14.3 Å². The quantitative estimate of drug-likeness (QED) is 0.905. The van der Waals surface area contributed by atoms with E-state index in [-0.39, 0.29) is 17.9 Å². The molecule has 5 nitrogen and oxygen atoms in total. The molecule has 0 bridgehead atoms. The van der Waals surface area contributed by atoms with Gasteiger partial charge in [-0.1, -0.05) is 6.07 Å². The van der Waals surface area contributed by atoms with Crippen molar-refractivity contribution in [2.24, 2.45) is 5.92 Å². The maximum atomic E-state index is 14.4. The number of aliphatic hydroxyl groups is 1. The number of hydrogen-bond donors (Lipinski definition) is 2. The van der Waals surface area contributed by atoms with Crippen molar-refractivity contribution in [1.29, 1.82) is 0 Å². The van der Waals surface area contributed by atoms with Crippen LogP contribution >= 0.6 is 0 Å². The minimum absolute atomic E-state index is 0.167. The van der Waals surface area contributed by atoms with Crippen molar-refractivity contribution in [2.45, 2.75) is 45.3 Å².